The first kappa shape index (κ1) is 17.3. The predicted octanol–water partition coefficient (Wildman–Crippen LogP) is 3.36. The average Bonchev–Trinajstić information content (AvgIpc) is 2.27. The van der Waals surface area contributed by atoms with Crippen molar-refractivity contribution in [2.24, 2.45) is 0 Å². The first-order valence-corrected chi connectivity index (χ1v) is 5.61. The van der Waals surface area contributed by atoms with E-state index in [1.54, 1.807) is 0 Å². The zero-order chi connectivity index (χ0) is 16.4. The monoisotopic (exact) mass is 337 g/mol. The molecule has 1 heterocycles. The molecule has 1 aromatic rings. The molecule has 118 valence electrons. The van der Waals surface area contributed by atoms with Crippen LogP contribution in [0.1, 0.15) is 17.0 Å². The summed E-state index contributed by atoms with van der Waals surface area (Å²) in [4.78, 5) is 13.6. The van der Waals surface area contributed by atoms with Crippen molar-refractivity contribution in [1.29, 1.82) is 0 Å². The molecule has 11 heteroatoms. The van der Waals surface area contributed by atoms with Crippen LogP contribution in [0.2, 0.25) is 0 Å². The number of pyridine rings is 1. The van der Waals surface area contributed by atoms with Gasteiger partial charge in [-0.3, -0.25) is 4.79 Å². The number of carbonyl (C=O) groups is 1. The van der Waals surface area contributed by atoms with E-state index in [-0.39, 0.29) is 6.07 Å². The van der Waals surface area contributed by atoms with Crippen molar-refractivity contribution in [2.75, 3.05) is 0 Å². The van der Waals surface area contributed by atoms with Gasteiger partial charge in [-0.25, -0.2) is 4.98 Å². The molecule has 1 aromatic heterocycles. The predicted molar refractivity (Wildman–Crippen MR) is 56.8 cm³/mol. The second-order valence-corrected chi connectivity index (χ2v) is 3.95. The zero-order valence-electron chi connectivity index (χ0n) is 9.85. The van der Waals surface area contributed by atoms with E-state index < -0.39 is 53.5 Å². The van der Waals surface area contributed by atoms with Crippen molar-refractivity contribution in [1.82, 2.24) is 4.98 Å². The summed E-state index contributed by atoms with van der Waals surface area (Å²) in [6.45, 7) is 0. The smallest absolute Gasteiger partial charge is 0.481 e. The van der Waals surface area contributed by atoms with Gasteiger partial charge >= 0.3 is 18.5 Å². The SMILES string of the molecule is O=C(O)Cc1c(OC(F)(F)F)cc(C(F)(F)F)nc1CCl. The second-order valence-electron chi connectivity index (χ2n) is 3.68. The van der Waals surface area contributed by atoms with Crippen LogP contribution >= 0.6 is 11.6 Å². The van der Waals surface area contributed by atoms with Crippen molar-refractivity contribution in [3.63, 3.8) is 0 Å². The van der Waals surface area contributed by atoms with Gasteiger partial charge in [0.25, 0.3) is 0 Å². The molecule has 0 fully saturated rings. The highest BCUT2D eigenvalue weighted by molar-refractivity contribution is 6.17. The lowest BCUT2D eigenvalue weighted by Crippen LogP contribution is -2.21. The molecule has 0 aliphatic rings. The maximum absolute atomic E-state index is 12.6. The maximum atomic E-state index is 12.6. The van der Waals surface area contributed by atoms with Crippen molar-refractivity contribution in [3.8, 4) is 5.75 Å². The van der Waals surface area contributed by atoms with E-state index >= 15 is 0 Å². The fraction of sp³-hybridized carbons (Fsp3) is 0.400. The Balaban J connectivity index is 3.48. The molecular weight excluding hydrogens is 332 g/mol. The zero-order valence-corrected chi connectivity index (χ0v) is 10.6. The van der Waals surface area contributed by atoms with E-state index in [9.17, 15) is 31.1 Å². The quantitative estimate of drug-likeness (QED) is 0.676. The summed E-state index contributed by atoms with van der Waals surface area (Å²) < 4.78 is 77.8. The number of halogens is 7. The minimum Gasteiger partial charge on any atom is -0.481 e. The summed E-state index contributed by atoms with van der Waals surface area (Å²) >= 11 is 5.32. The van der Waals surface area contributed by atoms with Gasteiger partial charge in [-0.15, -0.1) is 24.8 Å². The summed E-state index contributed by atoms with van der Waals surface area (Å²) in [5, 5.41) is 8.61. The number of nitrogens with zero attached hydrogens (tertiary/aromatic N) is 1. The molecule has 1 rings (SSSR count). The Morgan fingerprint density at radius 1 is 1.29 bits per heavy atom. The molecule has 0 aromatic carbocycles. The number of alkyl halides is 7. The number of carboxylic acid groups (broad SMARTS) is 1. The first-order valence-electron chi connectivity index (χ1n) is 5.07. The van der Waals surface area contributed by atoms with E-state index in [0.29, 0.717) is 0 Å². The van der Waals surface area contributed by atoms with Gasteiger partial charge in [0.1, 0.15) is 11.4 Å². The van der Waals surface area contributed by atoms with E-state index in [2.05, 4.69) is 9.72 Å². The van der Waals surface area contributed by atoms with Crippen LogP contribution in [0.3, 0.4) is 0 Å². The number of aromatic nitrogens is 1. The standard InChI is InChI=1S/C10H6ClF6NO3/c11-3-5-4(1-8(19)20)6(21-10(15,16)17)2-7(18-5)9(12,13)14/h2H,1,3H2,(H,19,20). The third-order valence-corrected chi connectivity index (χ3v) is 2.39. The highest BCUT2D eigenvalue weighted by Gasteiger charge is 2.38. The lowest BCUT2D eigenvalue weighted by molar-refractivity contribution is -0.275. The average molecular weight is 338 g/mol. The Bertz CT molecular complexity index is 543. The van der Waals surface area contributed by atoms with Crippen LogP contribution in [0.5, 0.6) is 5.75 Å². The van der Waals surface area contributed by atoms with E-state index in [1.165, 1.54) is 0 Å². The molecule has 0 atom stereocenters. The second kappa shape index (κ2) is 5.96. The highest BCUT2D eigenvalue weighted by atomic mass is 35.5. The Morgan fingerprint density at radius 2 is 1.86 bits per heavy atom. The van der Waals surface area contributed by atoms with Crippen LogP contribution in [0.4, 0.5) is 26.3 Å². The van der Waals surface area contributed by atoms with Crippen molar-refractivity contribution < 1.29 is 41.0 Å². The number of hydrogen-bond donors (Lipinski definition) is 1. The lowest BCUT2D eigenvalue weighted by Gasteiger charge is -2.17. The Labute approximate surface area is 118 Å². The fourth-order valence-electron chi connectivity index (χ4n) is 1.41. The van der Waals surface area contributed by atoms with Gasteiger partial charge in [-0.1, -0.05) is 0 Å². The van der Waals surface area contributed by atoms with Crippen LogP contribution < -0.4 is 4.74 Å². The van der Waals surface area contributed by atoms with Crippen LogP contribution in [-0.2, 0) is 23.3 Å². The molecule has 21 heavy (non-hydrogen) atoms. The largest absolute Gasteiger partial charge is 0.573 e. The van der Waals surface area contributed by atoms with E-state index in [0.717, 1.165) is 0 Å². The molecular formula is C10H6ClF6NO3. The van der Waals surface area contributed by atoms with Crippen LogP contribution in [-0.4, -0.2) is 22.4 Å². The van der Waals surface area contributed by atoms with Crippen molar-refractivity contribution in [3.05, 3.63) is 23.0 Å². The van der Waals surface area contributed by atoms with Gasteiger partial charge < -0.3 is 9.84 Å². The number of rotatable bonds is 4. The molecule has 0 unspecified atom stereocenters. The van der Waals surface area contributed by atoms with Crippen LogP contribution in [0, 0.1) is 0 Å². The maximum Gasteiger partial charge on any atom is 0.573 e. The molecule has 0 aliphatic carbocycles. The van der Waals surface area contributed by atoms with Crippen LogP contribution in [0.25, 0.3) is 0 Å². The van der Waals surface area contributed by atoms with Gasteiger partial charge in [0.2, 0.25) is 0 Å². The van der Waals surface area contributed by atoms with Gasteiger partial charge in [-0.05, 0) is 0 Å². The Morgan fingerprint density at radius 3 is 2.24 bits per heavy atom. The summed E-state index contributed by atoms with van der Waals surface area (Å²) in [6, 6.07) is -0.0121. The number of ether oxygens (including phenoxy) is 1. The van der Waals surface area contributed by atoms with E-state index in [1.807, 2.05) is 0 Å². The van der Waals surface area contributed by atoms with Crippen molar-refractivity contribution in [2.45, 2.75) is 24.8 Å². The van der Waals surface area contributed by atoms with Crippen LogP contribution in [0.15, 0.2) is 6.07 Å². The molecule has 1 N–H and O–H groups in total. The molecule has 0 spiro atoms. The third-order valence-electron chi connectivity index (χ3n) is 2.14. The summed E-state index contributed by atoms with van der Waals surface area (Å²) in [5.74, 6) is -3.57. The number of carboxylic acids is 1. The summed E-state index contributed by atoms with van der Waals surface area (Å²) in [5.41, 5.74) is -2.97. The first-order chi connectivity index (χ1) is 9.44. The van der Waals surface area contributed by atoms with Crippen molar-refractivity contribution >= 4 is 17.6 Å². The summed E-state index contributed by atoms with van der Waals surface area (Å²) in [7, 11) is 0. The minimum absolute atomic E-state index is 0.0121. The normalized spacial score (nSPS) is 12.3. The van der Waals surface area contributed by atoms with Gasteiger partial charge in [0, 0.05) is 11.6 Å². The molecule has 0 saturated carbocycles. The summed E-state index contributed by atoms with van der Waals surface area (Å²) in [6.07, 6.45) is -11.3. The molecule has 0 bridgehead atoms. The van der Waals surface area contributed by atoms with Gasteiger partial charge in [0.15, 0.2) is 0 Å². The lowest BCUT2D eigenvalue weighted by atomic mass is 10.1. The fourth-order valence-corrected chi connectivity index (χ4v) is 1.63. The molecule has 0 amide bonds. The minimum atomic E-state index is -5.29. The van der Waals surface area contributed by atoms with E-state index in [4.69, 9.17) is 16.7 Å². The molecule has 4 nitrogen and oxygen atoms in total. The molecule has 0 saturated heterocycles. The topological polar surface area (TPSA) is 59.4 Å². The number of aliphatic carboxylic acids is 1. The Hall–Kier alpha value is -1.71. The molecule has 0 aliphatic heterocycles. The third kappa shape index (κ3) is 4.96. The van der Waals surface area contributed by atoms with Gasteiger partial charge in [-0.2, -0.15) is 13.2 Å². The van der Waals surface area contributed by atoms with Gasteiger partial charge in [0.05, 0.1) is 18.0 Å². The number of hydrogen-bond acceptors (Lipinski definition) is 3. The molecule has 0 radical (unpaired) electrons. The Kier molecular flexibility index (Phi) is 4.92. The highest BCUT2D eigenvalue weighted by Crippen LogP contribution is 2.35.